The number of anilines is 1. The minimum Gasteiger partial charge on any atom is -0.450 e. The van der Waals surface area contributed by atoms with Gasteiger partial charge in [-0.05, 0) is 122 Å². The molecular weight excluding hydrogens is 535 g/mol. The van der Waals surface area contributed by atoms with E-state index in [0.29, 0.717) is 15.8 Å². The fraction of sp³-hybridized carbons (Fsp3) is 0.121. The van der Waals surface area contributed by atoms with Gasteiger partial charge >= 0.3 is 0 Å². The molecule has 1 aliphatic rings. The summed E-state index contributed by atoms with van der Waals surface area (Å²) in [5, 5.41) is 2.43. The maximum atomic E-state index is 13.8. The second kappa shape index (κ2) is 10.8. The van der Waals surface area contributed by atoms with Gasteiger partial charge in [0.05, 0.1) is 21.8 Å². The number of hydrogen-bond acceptors (Lipinski definition) is 6. The molecule has 0 spiro atoms. The van der Waals surface area contributed by atoms with Crippen LogP contribution in [0.5, 0.6) is 0 Å². The summed E-state index contributed by atoms with van der Waals surface area (Å²) in [4.78, 5) is 26.5. The number of hydrogen-bond donors (Lipinski definition) is 0. The molecule has 0 atom stereocenters. The lowest BCUT2D eigenvalue weighted by Gasteiger charge is -2.17. The van der Waals surface area contributed by atoms with Gasteiger partial charge in [-0.3, -0.25) is 14.7 Å². The first-order valence-corrected chi connectivity index (χ1v) is 14.6. The predicted octanol–water partition coefficient (Wildman–Crippen LogP) is 9.02. The van der Waals surface area contributed by atoms with Gasteiger partial charge in [0.2, 0.25) is 0 Å². The van der Waals surface area contributed by atoms with E-state index in [0.717, 1.165) is 43.4 Å². The Morgan fingerprint density at radius 1 is 0.875 bits per heavy atom. The van der Waals surface area contributed by atoms with Crippen molar-refractivity contribution in [2.24, 2.45) is 4.99 Å². The number of fused-ring (bicyclic) bond motifs is 1. The van der Waals surface area contributed by atoms with Gasteiger partial charge in [-0.15, -0.1) is 0 Å². The van der Waals surface area contributed by atoms with Crippen LogP contribution in [0.4, 0.5) is 11.4 Å². The molecule has 5 nitrogen and oxygen atoms in total. The summed E-state index contributed by atoms with van der Waals surface area (Å²) in [7, 11) is 0. The van der Waals surface area contributed by atoms with Crippen LogP contribution in [0, 0.1) is 27.7 Å². The first kappa shape index (κ1) is 26.2. The van der Waals surface area contributed by atoms with Gasteiger partial charge < -0.3 is 4.42 Å². The molecule has 40 heavy (non-hydrogen) atoms. The molecule has 0 bridgehead atoms. The second-order valence-electron chi connectivity index (χ2n) is 9.77. The quantitative estimate of drug-likeness (QED) is 0.200. The second-order valence-corrected chi connectivity index (χ2v) is 11.8. The molecule has 3 heterocycles. The summed E-state index contributed by atoms with van der Waals surface area (Å²) < 4.78 is 6.14. The van der Waals surface area contributed by atoms with E-state index in [4.69, 9.17) is 9.41 Å². The van der Waals surface area contributed by atoms with Gasteiger partial charge in [-0.1, -0.05) is 30.3 Å². The topological polar surface area (TPSA) is 58.7 Å². The van der Waals surface area contributed by atoms with Crippen LogP contribution in [0.25, 0.3) is 17.0 Å². The number of nitrogens with zero attached hydrogens (tertiary/aromatic N) is 3. The van der Waals surface area contributed by atoms with Crippen LogP contribution in [0.15, 0.2) is 109 Å². The molecule has 3 aromatic carbocycles. The lowest BCUT2D eigenvalue weighted by Crippen LogP contribution is -2.28. The summed E-state index contributed by atoms with van der Waals surface area (Å²) in [6.45, 7) is 8.26. The van der Waals surface area contributed by atoms with E-state index in [1.165, 1.54) is 34.7 Å². The lowest BCUT2D eigenvalue weighted by molar-refractivity contribution is -0.113. The number of pyridine rings is 1. The Balaban J connectivity index is 1.33. The van der Waals surface area contributed by atoms with Crippen LogP contribution in [-0.2, 0) is 4.79 Å². The maximum absolute atomic E-state index is 13.8. The number of carbonyl (C=O) groups is 1. The number of aliphatic imine (C=N–C) groups is 1. The minimum atomic E-state index is -0.125. The van der Waals surface area contributed by atoms with Crippen molar-refractivity contribution in [1.29, 1.82) is 0 Å². The van der Waals surface area contributed by atoms with Crippen molar-refractivity contribution in [3.8, 4) is 0 Å². The largest absolute Gasteiger partial charge is 0.450 e. The number of furan rings is 1. The van der Waals surface area contributed by atoms with Crippen molar-refractivity contribution in [1.82, 2.24) is 4.98 Å². The third kappa shape index (κ3) is 5.22. The van der Waals surface area contributed by atoms with Crippen LogP contribution in [0.1, 0.15) is 28.0 Å². The molecule has 7 heteroatoms. The van der Waals surface area contributed by atoms with E-state index in [1.807, 2.05) is 72.8 Å². The molecule has 0 radical (unpaired) electrons. The molecule has 6 rings (SSSR count). The van der Waals surface area contributed by atoms with Gasteiger partial charge in [0.25, 0.3) is 5.91 Å². The molecule has 2 aromatic heterocycles. The van der Waals surface area contributed by atoms with E-state index in [2.05, 4.69) is 38.7 Å². The zero-order valence-corrected chi connectivity index (χ0v) is 24.3. The average Bonchev–Trinajstić information content (AvgIpc) is 3.51. The number of rotatable bonds is 5. The molecule has 1 aliphatic heterocycles. The zero-order chi connectivity index (χ0) is 27.8. The number of thioether (sulfide) groups is 1. The number of amides is 1. The van der Waals surface area contributed by atoms with Gasteiger partial charge in [0.15, 0.2) is 10.3 Å². The maximum Gasteiger partial charge on any atom is 0.271 e. The molecular formula is C33H27N3O2S2. The van der Waals surface area contributed by atoms with Crippen molar-refractivity contribution < 1.29 is 9.21 Å². The SMILES string of the molecule is Cc1ccc(N=C2S/C(=C\c3ccc(Sc4cccc5cccnc45)o3)C(=O)N2c2ccc(C)c(C)c2)cc1C. The fourth-order valence-corrected chi connectivity index (χ4v) is 6.30. The Bertz CT molecular complexity index is 1830. The monoisotopic (exact) mass is 561 g/mol. The molecule has 1 fully saturated rings. The Morgan fingerprint density at radius 3 is 2.45 bits per heavy atom. The van der Waals surface area contributed by atoms with Crippen molar-refractivity contribution in [2.75, 3.05) is 4.90 Å². The highest BCUT2D eigenvalue weighted by molar-refractivity contribution is 8.19. The summed E-state index contributed by atoms with van der Waals surface area (Å²) in [5.74, 6) is 0.485. The van der Waals surface area contributed by atoms with E-state index >= 15 is 0 Å². The molecule has 0 saturated carbocycles. The van der Waals surface area contributed by atoms with Crippen molar-refractivity contribution in [2.45, 2.75) is 37.7 Å². The number of carbonyl (C=O) groups excluding carboxylic acids is 1. The molecule has 5 aromatic rings. The highest BCUT2D eigenvalue weighted by Crippen LogP contribution is 2.39. The standard InChI is InChI=1S/C33H27N3O2S2/c1-20-10-12-25(17-22(20)3)35-33-36(26-13-11-21(2)23(4)18-26)32(37)29(40-33)19-27-14-15-30(38-27)39-28-9-5-7-24-8-6-16-34-31(24)28/h5-19H,1-4H3/b29-19-,35-33?. The van der Waals surface area contributed by atoms with Gasteiger partial charge in [0.1, 0.15) is 5.76 Å². The Hall–Kier alpha value is -4.07. The number of benzene rings is 3. The minimum absolute atomic E-state index is 0.125. The van der Waals surface area contributed by atoms with Crippen LogP contribution >= 0.6 is 23.5 Å². The van der Waals surface area contributed by atoms with Gasteiger partial charge in [-0.25, -0.2) is 4.99 Å². The van der Waals surface area contributed by atoms with E-state index in [-0.39, 0.29) is 5.91 Å². The summed E-state index contributed by atoms with van der Waals surface area (Å²) in [5.41, 5.74) is 7.20. The fourth-order valence-electron chi connectivity index (χ4n) is 4.41. The smallest absolute Gasteiger partial charge is 0.271 e. The van der Waals surface area contributed by atoms with Crippen LogP contribution in [0.3, 0.4) is 0 Å². The summed E-state index contributed by atoms with van der Waals surface area (Å²) >= 11 is 2.87. The molecule has 1 amide bonds. The average molecular weight is 562 g/mol. The number of aromatic nitrogens is 1. The third-order valence-corrected chi connectivity index (χ3v) is 8.89. The molecule has 1 saturated heterocycles. The van der Waals surface area contributed by atoms with E-state index in [9.17, 15) is 4.79 Å². The van der Waals surface area contributed by atoms with Crippen molar-refractivity contribution in [3.05, 3.63) is 118 Å². The van der Waals surface area contributed by atoms with Gasteiger partial charge in [0, 0.05) is 22.6 Å². The van der Waals surface area contributed by atoms with Crippen molar-refractivity contribution in [3.63, 3.8) is 0 Å². The number of aryl methyl sites for hydroxylation is 4. The molecule has 0 unspecified atom stereocenters. The first-order chi connectivity index (χ1) is 19.4. The zero-order valence-electron chi connectivity index (χ0n) is 22.6. The highest BCUT2D eigenvalue weighted by atomic mass is 32.2. The Kier molecular flexibility index (Phi) is 7.09. The Labute approximate surface area is 242 Å². The summed E-state index contributed by atoms with van der Waals surface area (Å²) in [6, 6.07) is 26.0. The van der Waals surface area contributed by atoms with Crippen LogP contribution < -0.4 is 4.90 Å². The van der Waals surface area contributed by atoms with Crippen LogP contribution in [0.2, 0.25) is 0 Å². The van der Waals surface area contributed by atoms with E-state index < -0.39 is 0 Å². The van der Waals surface area contributed by atoms with E-state index in [1.54, 1.807) is 17.2 Å². The highest BCUT2D eigenvalue weighted by Gasteiger charge is 2.35. The van der Waals surface area contributed by atoms with Gasteiger partial charge in [-0.2, -0.15) is 0 Å². The number of para-hydroxylation sites is 1. The Morgan fingerprint density at radius 2 is 1.65 bits per heavy atom. The summed E-state index contributed by atoms with van der Waals surface area (Å²) in [6.07, 6.45) is 3.60. The van der Waals surface area contributed by atoms with Crippen LogP contribution in [-0.4, -0.2) is 16.1 Å². The molecule has 0 aliphatic carbocycles. The third-order valence-electron chi connectivity index (χ3n) is 6.95. The lowest BCUT2D eigenvalue weighted by atomic mass is 10.1. The van der Waals surface area contributed by atoms with Crippen molar-refractivity contribution >= 4 is 63.0 Å². The molecule has 0 N–H and O–H groups in total. The first-order valence-electron chi connectivity index (χ1n) is 12.9. The number of amidine groups is 1. The normalized spacial score (nSPS) is 15.6. The molecule has 198 valence electrons. The predicted molar refractivity (Wildman–Crippen MR) is 167 cm³/mol.